The van der Waals surface area contributed by atoms with E-state index in [0.29, 0.717) is 16.5 Å². The largest absolute Gasteiger partial charge is 0.364 e. The molecule has 116 valence electrons. The normalized spacial score (nSPS) is 10.4. The van der Waals surface area contributed by atoms with Gasteiger partial charge >= 0.3 is 0 Å². The molecule has 0 bridgehead atoms. The summed E-state index contributed by atoms with van der Waals surface area (Å²) in [5, 5.41) is 5.04. The number of carbonyl (C=O) groups excluding carboxylic acids is 2. The molecule has 3 rings (SSSR count). The van der Waals surface area contributed by atoms with Crippen LogP contribution in [0.15, 0.2) is 42.2 Å². The Kier molecular flexibility index (Phi) is 4.15. The Morgan fingerprint density at radius 1 is 1.39 bits per heavy atom. The molecule has 0 aliphatic heterocycles. The number of nitrogens with two attached hydrogens (primary N) is 1. The fourth-order valence-electron chi connectivity index (χ4n) is 2.00. The molecular formula is C15H13N5O2S. The van der Waals surface area contributed by atoms with Crippen LogP contribution >= 0.6 is 11.3 Å². The molecule has 0 fully saturated rings. The van der Waals surface area contributed by atoms with Crippen LogP contribution in [-0.4, -0.2) is 26.8 Å². The van der Waals surface area contributed by atoms with Crippen molar-refractivity contribution in [2.75, 3.05) is 5.32 Å². The molecule has 0 saturated heterocycles. The number of carbonyl (C=O) groups is 2. The van der Waals surface area contributed by atoms with Crippen molar-refractivity contribution in [2.45, 2.75) is 6.42 Å². The van der Waals surface area contributed by atoms with Crippen molar-refractivity contribution in [3.63, 3.8) is 0 Å². The Bertz CT molecular complexity index is 840. The number of rotatable bonds is 5. The van der Waals surface area contributed by atoms with Gasteiger partial charge in [-0.15, -0.1) is 11.3 Å². The van der Waals surface area contributed by atoms with Gasteiger partial charge in [-0.05, 0) is 17.7 Å². The van der Waals surface area contributed by atoms with Crippen LogP contribution in [-0.2, 0) is 11.2 Å². The number of aromatic nitrogens is 3. The second-order valence-corrected chi connectivity index (χ2v) is 5.65. The first-order chi connectivity index (χ1) is 11.1. The topological polar surface area (TPSA) is 114 Å². The molecule has 8 heteroatoms. The Labute approximate surface area is 135 Å². The number of pyridine rings is 1. The van der Waals surface area contributed by atoms with E-state index in [9.17, 15) is 9.59 Å². The van der Waals surface area contributed by atoms with Crippen molar-refractivity contribution in [3.05, 3.63) is 53.4 Å². The SMILES string of the molecule is NC(=O)c1cc(-c2csc(NC(=O)Cc3cccnc3)n2)c[nH]1. The highest BCUT2D eigenvalue weighted by Gasteiger charge is 2.11. The minimum atomic E-state index is -0.531. The number of thiazole rings is 1. The molecule has 4 N–H and O–H groups in total. The maximum atomic E-state index is 12.0. The van der Waals surface area contributed by atoms with E-state index in [4.69, 9.17) is 5.73 Å². The van der Waals surface area contributed by atoms with E-state index in [2.05, 4.69) is 20.3 Å². The highest BCUT2D eigenvalue weighted by Crippen LogP contribution is 2.25. The lowest BCUT2D eigenvalue weighted by atomic mass is 10.2. The first kappa shape index (κ1) is 14.9. The average Bonchev–Trinajstić information content (AvgIpc) is 3.16. The molecule has 0 aromatic carbocycles. The molecule has 0 aliphatic carbocycles. The molecule has 0 atom stereocenters. The number of nitrogens with one attached hydrogen (secondary N) is 2. The predicted molar refractivity (Wildman–Crippen MR) is 87.0 cm³/mol. The third-order valence-electron chi connectivity index (χ3n) is 3.08. The number of nitrogens with zero attached hydrogens (tertiary/aromatic N) is 2. The molecule has 0 aliphatic rings. The second kappa shape index (κ2) is 6.41. The first-order valence-corrected chi connectivity index (χ1v) is 7.62. The minimum Gasteiger partial charge on any atom is -0.364 e. The molecule has 3 heterocycles. The van der Waals surface area contributed by atoms with Crippen LogP contribution in [0.4, 0.5) is 5.13 Å². The smallest absolute Gasteiger partial charge is 0.265 e. The zero-order valence-corrected chi connectivity index (χ0v) is 12.8. The molecule has 0 unspecified atom stereocenters. The quantitative estimate of drug-likeness (QED) is 0.663. The molecule has 0 radical (unpaired) electrons. The van der Waals surface area contributed by atoms with Crippen molar-refractivity contribution >= 4 is 28.3 Å². The summed E-state index contributed by atoms with van der Waals surface area (Å²) in [4.78, 5) is 34.1. The van der Waals surface area contributed by atoms with Gasteiger partial charge in [0.1, 0.15) is 5.69 Å². The van der Waals surface area contributed by atoms with Gasteiger partial charge in [0.05, 0.1) is 12.1 Å². The Morgan fingerprint density at radius 3 is 2.96 bits per heavy atom. The van der Waals surface area contributed by atoms with E-state index < -0.39 is 5.91 Å². The molecule has 0 spiro atoms. The summed E-state index contributed by atoms with van der Waals surface area (Å²) in [6.07, 6.45) is 5.19. The minimum absolute atomic E-state index is 0.161. The summed E-state index contributed by atoms with van der Waals surface area (Å²) >= 11 is 1.31. The summed E-state index contributed by atoms with van der Waals surface area (Å²) in [5.41, 5.74) is 7.75. The fraction of sp³-hybridized carbons (Fsp3) is 0.0667. The monoisotopic (exact) mass is 327 g/mol. The van der Waals surface area contributed by atoms with Crippen LogP contribution in [0.3, 0.4) is 0 Å². The molecule has 23 heavy (non-hydrogen) atoms. The van der Waals surface area contributed by atoms with Crippen molar-refractivity contribution in [1.29, 1.82) is 0 Å². The number of amides is 2. The zero-order chi connectivity index (χ0) is 16.2. The van der Waals surface area contributed by atoms with Gasteiger partial charge in [-0.2, -0.15) is 0 Å². The van der Waals surface area contributed by atoms with Gasteiger partial charge in [-0.3, -0.25) is 14.6 Å². The lowest BCUT2D eigenvalue weighted by Crippen LogP contribution is -2.14. The summed E-state index contributed by atoms with van der Waals surface area (Å²) < 4.78 is 0. The van der Waals surface area contributed by atoms with E-state index >= 15 is 0 Å². The standard InChI is InChI=1S/C15H13N5O2S/c16-14(22)11-5-10(7-18-11)12-8-23-15(19-12)20-13(21)4-9-2-1-3-17-6-9/h1-3,5-8,18H,4H2,(H2,16,22)(H,19,20,21). The number of primary amides is 1. The first-order valence-electron chi connectivity index (χ1n) is 6.74. The summed E-state index contributed by atoms with van der Waals surface area (Å²) in [7, 11) is 0. The summed E-state index contributed by atoms with van der Waals surface area (Å²) in [6.45, 7) is 0. The van der Waals surface area contributed by atoms with Gasteiger partial charge in [0, 0.05) is 29.5 Å². The zero-order valence-electron chi connectivity index (χ0n) is 11.9. The maximum absolute atomic E-state index is 12.0. The van der Waals surface area contributed by atoms with Crippen molar-refractivity contribution in [1.82, 2.24) is 15.0 Å². The highest BCUT2D eigenvalue weighted by atomic mass is 32.1. The van der Waals surface area contributed by atoms with Crippen molar-refractivity contribution < 1.29 is 9.59 Å². The third-order valence-corrected chi connectivity index (χ3v) is 3.84. The number of hydrogen-bond acceptors (Lipinski definition) is 5. The number of anilines is 1. The number of hydrogen-bond donors (Lipinski definition) is 3. The highest BCUT2D eigenvalue weighted by molar-refractivity contribution is 7.14. The van der Waals surface area contributed by atoms with Crippen LogP contribution in [0, 0.1) is 0 Å². The Morgan fingerprint density at radius 2 is 2.26 bits per heavy atom. The lowest BCUT2D eigenvalue weighted by Gasteiger charge is -2.01. The molecule has 0 saturated carbocycles. The van der Waals surface area contributed by atoms with Gasteiger partial charge < -0.3 is 16.0 Å². The van der Waals surface area contributed by atoms with Gasteiger partial charge in [0.2, 0.25) is 5.91 Å². The van der Waals surface area contributed by atoms with Crippen LogP contribution in [0.2, 0.25) is 0 Å². The Hall–Kier alpha value is -3.00. The molecule has 2 amide bonds. The van der Waals surface area contributed by atoms with Crippen molar-refractivity contribution in [2.24, 2.45) is 5.73 Å². The maximum Gasteiger partial charge on any atom is 0.265 e. The van der Waals surface area contributed by atoms with E-state index in [0.717, 1.165) is 11.1 Å². The van der Waals surface area contributed by atoms with Crippen LogP contribution in [0.5, 0.6) is 0 Å². The van der Waals surface area contributed by atoms with E-state index in [-0.39, 0.29) is 12.3 Å². The second-order valence-electron chi connectivity index (χ2n) is 4.79. The molecule has 3 aromatic heterocycles. The van der Waals surface area contributed by atoms with Crippen LogP contribution in [0.25, 0.3) is 11.3 Å². The van der Waals surface area contributed by atoms with E-state index in [1.54, 1.807) is 36.1 Å². The van der Waals surface area contributed by atoms with Crippen molar-refractivity contribution in [3.8, 4) is 11.3 Å². The average molecular weight is 327 g/mol. The molecule has 3 aromatic rings. The molecular weight excluding hydrogens is 314 g/mol. The summed E-state index contributed by atoms with van der Waals surface area (Å²) in [5.74, 6) is -0.692. The van der Waals surface area contributed by atoms with E-state index in [1.807, 2.05) is 6.07 Å². The summed E-state index contributed by atoms with van der Waals surface area (Å²) in [6, 6.07) is 5.25. The predicted octanol–water partition coefficient (Wildman–Crippen LogP) is 1.81. The van der Waals surface area contributed by atoms with Crippen LogP contribution < -0.4 is 11.1 Å². The number of H-pyrrole nitrogens is 1. The van der Waals surface area contributed by atoms with Gasteiger partial charge in [0.15, 0.2) is 5.13 Å². The van der Waals surface area contributed by atoms with Crippen LogP contribution in [0.1, 0.15) is 16.1 Å². The fourth-order valence-corrected chi connectivity index (χ4v) is 2.74. The molecule has 7 nitrogen and oxygen atoms in total. The lowest BCUT2D eigenvalue weighted by molar-refractivity contribution is -0.115. The number of aromatic amines is 1. The third kappa shape index (κ3) is 3.61. The Balaban J connectivity index is 1.67. The van der Waals surface area contributed by atoms with Gasteiger partial charge in [-0.25, -0.2) is 4.98 Å². The van der Waals surface area contributed by atoms with E-state index in [1.165, 1.54) is 11.3 Å². The van der Waals surface area contributed by atoms with Gasteiger partial charge in [0.25, 0.3) is 5.91 Å². The van der Waals surface area contributed by atoms with Gasteiger partial charge in [-0.1, -0.05) is 6.07 Å².